The van der Waals surface area contributed by atoms with Crippen LogP contribution in [0.3, 0.4) is 0 Å². The summed E-state index contributed by atoms with van der Waals surface area (Å²) < 4.78 is 12.8. The minimum Gasteiger partial charge on any atom is -0.496 e. The van der Waals surface area contributed by atoms with E-state index in [1.165, 1.54) is 17.7 Å². The van der Waals surface area contributed by atoms with Crippen molar-refractivity contribution < 1.29 is 19.2 Å². The molecule has 0 radical (unpaired) electrons. The predicted octanol–water partition coefficient (Wildman–Crippen LogP) is 5.45. The maximum Gasteiger partial charge on any atom is 0.338 e. The third-order valence-corrected chi connectivity index (χ3v) is 9.26. The fourth-order valence-electron chi connectivity index (χ4n) is 5.09. The Hall–Kier alpha value is -5.11. The van der Waals surface area contributed by atoms with Crippen LogP contribution in [-0.2, 0) is 9.53 Å². The lowest BCUT2D eigenvalue weighted by Crippen LogP contribution is -2.40. The van der Waals surface area contributed by atoms with E-state index in [1.807, 2.05) is 30.3 Å². The number of nitro groups is 1. The van der Waals surface area contributed by atoms with Crippen LogP contribution < -0.4 is 19.6 Å². The van der Waals surface area contributed by atoms with Crippen molar-refractivity contribution in [3.8, 4) is 5.75 Å². The van der Waals surface area contributed by atoms with Crippen molar-refractivity contribution in [1.82, 2.24) is 14.5 Å². The fraction of sp³-hybridized carbons (Fsp3) is 0.121. The molecule has 5 aromatic rings. The van der Waals surface area contributed by atoms with E-state index in [4.69, 9.17) is 26.1 Å². The van der Waals surface area contributed by atoms with Crippen molar-refractivity contribution in [2.24, 2.45) is 4.99 Å². The lowest BCUT2D eigenvalue weighted by atomic mass is 9.92. The molecule has 0 bridgehead atoms. The first kappa shape index (κ1) is 31.9. The van der Waals surface area contributed by atoms with Gasteiger partial charge in [0.15, 0.2) is 9.96 Å². The number of thiazole rings is 1. The van der Waals surface area contributed by atoms with E-state index in [-0.39, 0.29) is 22.4 Å². The summed E-state index contributed by atoms with van der Waals surface area (Å²) in [6, 6.07) is 19.4. The summed E-state index contributed by atoms with van der Waals surface area (Å²) in [5.41, 5.74) is 1.37. The standard InChI is InChI=1S/C33H24ClN5O6S2/c1-3-45-31(41)27-28(20-8-5-4-6-9-20)37-33-38(29(27)22-18-21(34)11-12-24(22)44-2)30(40)26(47-33)17-19-10-13-25(23(16-19)39(42)43)46-32-35-14-7-15-36-32/h4-18,29H,3H2,1-2H3/b26-17-/t29-/m0/s1. The van der Waals surface area contributed by atoms with Crippen LogP contribution in [-0.4, -0.2) is 39.1 Å². The number of carbonyl (C=O) groups excluding carboxylic acids is 1. The second kappa shape index (κ2) is 13.7. The number of hydrogen-bond donors (Lipinski definition) is 0. The molecule has 1 atom stereocenters. The number of nitro benzene ring substituents is 1. The van der Waals surface area contributed by atoms with Gasteiger partial charge in [0.1, 0.15) is 11.8 Å². The largest absolute Gasteiger partial charge is 0.496 e. The third kappa shape index (κ3) is 6.45. The number of fused-ring (bicyclic) bond motifs is 1. The van der Waals surface area contributed by atoms with E-state index in [1.54, 1.807) is 61.8 Å². The number of esters is 1. The van der Waals surface area contributed by atoms with E-state index in [0.717, 1.165) is 23.1 Å². The minimum atomic E-state index is -1.02. The molecule has 0 saturated carbocycles. The molecule has 236 valence electrons. The molecule has 3 heterocycles. The highest BCUT2D eigenvalue weighted by Gasteiger charge is 2.37. The van der Waals surface area contributed by atoms with Gasteiger partial charge in [0.25, 0.3) is 11.2 Å². The Balaban J connectivity index is 1.58. The molecule has 0 spiro atoms. The molecular weight excluding hydrogens is 662 g/mol. The zero-order chi connectivity index (χ0) is 33.1. The number of benzene rings is 3. The van der Waals surface area contributed by atoms with E-state index in [9.17, 15) is 19.7 Å². The summed E-state index contributed by atoms with van der Waals surface area (Å²) >= 11 is 8.61. The van der Waals surface area contributed by atoms with Crippen LogP contribution in [0, 0.1) is 10.1 Å². The van der Waals surface area contributed by atoms with Crippen molar-refractivity contribution in [3.63, 3.8) is 0 Å². The Bertz CT molecular complexity index is 2220. The van der Waals surface area contributed by atoms with Crippen LogP contribution in [0.4, 0.5) is 5.69 Å². The third-order valence-electron chi connectivity index (χ3n) is 7.08. The predicted molar refractivity (Wildman–Crippen MR) is 178 cm³/mol. The molecule has 11 nitrogen and oxygen atoms in total. The van der Waals surface area contributed by atoms with Gasteiger partial charge in [-0.1, -0.05) is 59.3 Å². The Kier molecular flexibility index (Phi) is 9.29. The van der Waals surface area contributed by atoms with E-state index in [2.05, 4.69) is 9.97 Å². The smallest absolute Gasteiger partial charge is 0.338 e. The molecule has 0 unspecified atom stereocenters. The summed E-state index contributed by atoms with van der Waals surface area (Å²) in [5.74, 6) is -0.251. The van der Waals surface area contributed by atoms with E-state index in [0.29, 0.717) is 48.0 Å². The molecule has 6 rings (SSSR count). The van der Waals surface area contributed by atoms with Gasteiger partial charge in [-0.05, 0) is 60.7 Å². The first-order chi connectivity index (χ1) is 22.8. The number of halogens is 1. The lowest BCUT2D eigenvalue weighted by Gasteiger charge is -2.27. The molecule has 3 aromatic carbocycles. The number of aromatic nitrogens is 3. The van der Waals surface area contributed by atoms with Crippen LogP contribution in [0.5, 0.6) is 5.75 Å². The molecule has 0 fully saturated rings. The van der Waals surface area contributed by atoms with Gasteiger partial charge in [-0.3, -0.25) is 19.5 Å². The topological polar surface area (TPSA) is 139 Å². The van der Waals surface area contributed by atoms with Gasteiger partial charge in [-0.15, -0.1) is 0 Å². The highest BCUT2D eigenvalue weighted by molar-refractivity contribution is 7.99. The molecule has 47 heavy (non-hydrogen) atoms. The lowest BCUT2D eigenvalue weighted by molar-refractivity contribution is -0.387. The Labute approximate surface area is 280 Å². The fourth-order valence-corrected chi connectivity index (χ4v) is 7.07. The second-order valence-electron chi connectivity index (χ2n) is 9.94. The van der Waals surface area contributed by atoms with Crippen molar-refractivity contribution in [3.05, 3.63) is 142 Å². The van der Waals surface area contributed by atoms with Crippen LogP contribution >= 0.6 is 34.7 Å². The summed E-state index contributed by atoms with van der Waals surface area (Å²) in [6.07, 6.45) is 4.67. The van der Waals surface area contributed by atoms with Crippen LogP contribution in [0.1, 0.15) is 29.7 Å². The second-order valence-corrected chi connectivity index (χ2v) is 12.4. The van der Waals surface area contributed by atoms with Gasteiger partial charge in [-0.2, -0.15) is 0 Å². The monoisotopic (exact) mass is 685 g/mol. The van der Waals surface area contributed by atoms with Gasteiger partial charge in [-0.25, -0.2) is 19.8 Å². The maximum absolute atomic E-state index is 14.3. The maximum atomic E-state index is 14.3. The SMILES string of the molecule is CCOC(=O)C1=C(c2ccccc2)N=c2s/c(=C\c3ccc(Sc4ncccn4)c([N+](=O)[O-])c3)c(=O)n2[C@H]1c1cc(Cl)ccc1OC. The van der Waals surface area contributed by atoms with Crippen molar-refractivity contribution >= 4 is 58.1 Å². The summed E-state index contributed by atoms with van der Waals surface area (Å²) in [6.45, 7) is 1.79. The van der Waals surface area contributed by atoms with Crippen LogP contribution in [0.15, 0.2) is 111 Å². The van der Waals surface area contributed by atoms with Gasteiger partial charge < -0.3 is 9.47 Å². The van der Waals surface area contributed by atoms with Crippen molar-refractivity contribution in [2.45, 2.75) is 23.0 Å². The van der Waals surface area contributed by atoms with Gasteiger partial charge >= 0.3 is 5.97 Å². The highest BCUT2D eigenvalue weighted by atomic mass is 35.5. The molecule has 1 aliphatic heterocycles. The summed E-state index contributed by atoms with van der Waals surface area (Å²) in [7, 11) is 1.49. The summed E-state index contributed by atoms with van der Waals surface area (Å²) in [5, 5.41) is 12.8. The zero-order valence-corrected chi connectivity index (χ0v) is 27.2. The van der Waals surface area contributed by atoms with Gasteiger partial charge in [0, 0.05) is 34.6 Å². The number of ether oxygens (including phenoxy) is 2. The average Bonchev–Trinajstić information content (AvgIpc) is 3.39. The van der Waals surface area contributed by atoms with Gasteiger partial charge in [0.05, 0.1) is 39.3 Å². The molecule has 1 aliphatic rings. The first-order valence-corrected chi connectivity index (χ1v) is 16.2. The molecule has 14 heteroatoms. The quantitative estimate of drug-likeness (QED) is 0.0858. The normalized spacial score (nSPS) is 14.4. The number of hydrogen-bond acceptors (Lipinski definition) is 11. The molecule has 2 aromatic heterocycles. The summed E-state index contributed by atoms with van der Waals surface area (Å²) in [4.78, 5) is 53.3. The average molecular weight is 686 g/mol. The van der Waals surface area contributed by atoms with Crippen molar-refractivity contribution in [1.29, 1.82) is 0 Å². The number of methoxy groups -OCH3 is 1. The van der Waals surface area contributed by atoms with Crippen LogP contribution in [0.25, 0.3) is 11.8 Å². The first-order valence-electron chi connectivity index (χ1n) is 14.1. The Morgan fingerprint density at radius 3 is 2.57 bits per heavy atom. The van der Waals surface area contributed by atoms with E-state index < -0.39 is 22.5 Å². The number of nitrogens with zero attached hydrogens (tertiary/aromatic N) is 5. The van der Waals surface area contributed by atoms with E-state index >= 15 is 0 Å². The van der Waals surface area contributed by atoms with Crippen LogP contribution in [0.2, 0.25) is 5.02 Å². The number of rotatable bonds is 9. The Morgan fingerprint density at radius 1 is 1.11 bits per heavy atom. The van der Waals surface area contributed by atoms with Gasteiger partial charge in [0.2, 0.25) is 0 Å². The Morgan fingerprint density at radius 2 is 1.87 bits per heavy atom. The minimum absolute atomic E-state index is 0.0949. The molecular formula is C33H24ClN5O6S2. The molecule has 0 aliphatic carbocycles. The van der Waals surface area contributed by atoms with Crippen molar-refractivity contribution in [2.75, 3.05) is 13.7 Å². The highest BCUT2D eigenvalue weighted by Crippen LogP contribution is 2.40. The molecule has 0 amide bonds. The zero-order valence-electron chi connectivity index (χ0n) is 24.8. The number of carbonyl (C=O) groups is 1. The molecule has 0 saturated heterocycles. The molecule has 0 N–H and O–H groups in total.